The maximum absolute atomic E-state index is 12.7. The molecule has 0 aliphatic rings. The molecule has 1 N–H and O–H groups in total. The number of rotatable bonds is 6. The first-order valence-electron chi connectivity index (χ1n) is 8.43. The highest BCUT2D eigenvalue weighted by molar-refractivity contribution is 8.00. The van der Waals surface area contributed by atoms with Crippen molar-refractivity contribution in [1.29, 1.82) is 0 Å². The van der Waals surface area contributed by atoms with Gasteiger partial charge in [0.25, 0.3) is 0 Å². The Morgan fingerprint density at radius 3 is 2.27 bits per heavy atom. The minimum Gasteiger partial charge on any atom is -0.497 e. The van der Waals surface area contributed by atoms with Crippen molar-refractivity contribution >= 4 is 23.4 Å². The van der Waals surface area contributed by atoms with Crippen molar-refractivity contribution in [2.75, 3.05) is 12.4 Å². The maximum Gasteiger partial charge on any atom is 0.237 e. The van der Waals surface area contributed by atoms with Crippen LogP contribution in [0.15, 0.2) is 83.8 Å². The number of carbonyl (C=O) groups excluding carboxylic acids is 1. The highest BCUT2D eigenvalue weighted by Crippen LogP contribution is 2.30. The number of ether oxygens (including phenoxy) is 1. The maximum atomic E-state index is 12.7. The number of benzene rings is 3. The number of nitrogens with one attached hydrogen (secondary N) is 1. The second-order valence-corrected chi connectivity index (χ2v) is 7.25. The first-order chi connectivity index (χ1) is 12.7. The number of carbonyl (C=O) groups is 1. The van der Waals surface area contributed by atoms with E-state index in [9.17, 15) is 4.79 Å². The van der Waals surface area contributed by atoms with Gasteiger partial charge in [-0.1, -0.05) is 48.5 Å². The van der Waals surface area contributed by atoms with Gasteiger partial charge >= 0.3 is 0 Å². The van der Waals surface area contributed by atoms with E-state index in [2.05, 4.69) is 5.32 Å². The van der Waals surface area contributed by atoms with Gasteiger partial charge in [-0.25, -0.2) is 0 Å². The molecule has 132 valence electrons. The fraction of sp³-hybridized carbons (Fsp3) is 0.136. The summed E-state index contributed by atoms with van der Waals surface area (Å²) < 4.78 is 5.17. The van der Waals surface area contributed by atoms with Gasteiger partial charge in [0, 0.05) is 16.1 Å². The molecule has 0 saturated carbocycles. The molecule has 0 aliphatic heterocycles. The Hall–Kier alpha value is -2.72. The topological polar surface area (TPSA) is 38.3 Å². The molecule has 0 aliphatic carbocycles. The molecule has 3 aromatic rings. The average molecular weight is 363 g/mol. The van der Waals surface area contributed by atoms with Gasteiger partial charge in [0.2, 0.25) is 5.91 Å². The van der Waals surface area contributed by atoms with E-state index >= 15 is 0 Å². The van der Waals surface area contributed by atoms with Gasteiger partial charge < -0.3 is 10.1 Å². The normalized spacial score (nSPS) is 11.6. The third-order valence-electron chi connectivity index (χ3n) is 4.01. The average Bonchev–Trinajstić information content (AvgIpc) is 2.69. The largest absolute Gasteiger partial charge is 0.497 e. The minimum absolute atomic E-state index is 0.0193. The van der Waals surface area contributed by atoms with Gasteiger partial charge in [-0.2, -0.15) is 0 Å². The van der Waals surface area contributed by atoms with Crippen molar-refractivity contribution < 1.29 is 9.53 Å². The molecular weight excluding hydrogens is 342 g/mol. The van der Waals surface area contributed by atoms with Crippen LogP contribution in [0.5, 0.6) is 5.75 Å². The van der Waals surface area contributed by atoms with Crippen molar-refractivity contribution in [3.63, 3.8) is 0 Å². The van der Waals surface area contributed by atoms with Crippen molar-refractivity contribution in [3.8, 4) is 16.9 Å². The summed E-state index contributed by atoms with van der Waals surface area (Å²) in [5.41, 5.74) is 2.92. The Morgan fingerprint density at radius 1 is 0.923 bits per heavy atom. The number of anilines is 1. The van der Waals surface area contributed by atoms with E-state index in [1.165, 1.54) is 11.8 Å². The molecule has 1 atom stereocenters. The van der Waals surface area contributed by atoms with Gasteiger partial charge in [0.05, 0.1) is 12.4 Å². The Bertz CT molecular complexity index is 863. The van der Waals surface area contributed by atoms with Crippen LogP contribution in [0.25, 0.3) is 11.1 Å². The fourth-order valence-corrected chi connectivity index (χ4v) is 3.48. The summed E-state index contributed by atoms with van der Waals surface area (Å²) in [5.74, 6) is 0.789. The third-order valence-corrected chi connectivity index (χ3v) is 5.12. The second kappa shape index (κ2) is 8.59. The SMILES string of the molecule is COc1ccc(S[C@H](C)C(=O)Nc2ccccc2-c2ccccc2)cc1. The van der Waals surface area contributed by atoms with Crippen LogP contribution in [0.3, 0.4) is 0 Å². The summed E-state index contributed by atoms with van der Waals surface area (Å²) in [5, 5.41) is 2.85. The number of amides is 1. The van der Waals surface area contributed by atoms with Crippen LogP contribution in [-0.4, -0.2) is 18.3 Å². The van der Waals surface area contributed by atoms with Crippen LogP contribution >= 0.6 is 11.8 Å². The number of hydrogen-bond acceptors (Lipinski definition) is 3. The van der Waals surface area contributed by atoms with Gasteiger partial charge in [-0.3, -0.25) is 4.79 Å². The summed E-state index contributed by atoms with van der Waals surface area (Å²) in [6.45, 7) is 1.91. The van der Waals surface area contributed by atoms with E-state index in [-0.39, 0.29) is 11.2 Å². The van der Waals surface area contributed by atoms with E-state index in [0.29, 0.717) is 0 Å². The van der Waals surface area contributed by atoms with Gasteiger partial charge in [-0.15, -0.1) is 11.8 Å². The zero-order valence-electron chi connectivity index (χ0n) is 14.8. The number of para-hydroxylation sites is 1. The zero-order chi connectivity index (χ0) is 18.4. The van der Waals surface area contributed by atoms with Crippen LogP contribution in [0.1, 0.15) is 6.92 Å². The standard InChI is InChI=1S/C22H21NO2S/c1-16(26-19-14-12-18(25-2)13-15-19)22(24)23-21-11-7-6-10-20(21)17-8-4-3-5-9-17/h3-16H,1-2H3,(H,23,24)/t16-/m1/s1. The lowest BCUT2D eigenvalue weighted by molar-refractivity contribution is -0.115. The first-order valence-corrected chi connectivity index (χ1v) is 9.31. The lowest BCUT2D eigenvalue weighted by atomic mass is 10.0. The molecule has 0 bridgehead atoms. The minimum atomic E-state index is -0.216. The van der Waals surface area contributed by atoms with Gasteiger partial charge in [0.15, 0.2) is 0 Å². The van der Waals surface area contributed by atoms with E-state index in [0.717, 1.165) is 27.5 Å². The zero-order valence-corrected chi connectivity index (χ0v) is 15.6. The van der Waals surface area contributed by atoms with Crippen LogP contribution < -0.4 is 10.1 Å². The van der Waals surface area contributed by atoms with Crippen LogP contribution in [-0.2, 0) is 4.79 Å². The Morgan fingerprint density at radius 2 is 1.58 bits per heavy atom. The summed E-state index contributed by atoms with van der Waals surface area (Å²) >= 11 is 1.52. The molecular formula is C22H21NO2S. The molecule has 3 nitrogen and oxygen atoms in total. The molecule has 0 aromatic heterocycles. The van der Waals surface area contributed by atoms with Crippen molar-refractivity contribution in [2.45, 2.75) is 17.1 Å². The van der Waals surface area contributed by atoms with Crippen molar-refractivity contribution in [2.24, 2.45) is 0 Å². The first kappa shape index (κ1) is 18.1. The highest BCUT2D eigenvalue weighted by atomic mass is 32.2. The Balaban J connectivity index is 1.71. The molecule has 0 radical (unpaired) electrons. The van der Waals surface area contributed by atoms with Gasteiger partial charge in [0.1, 0.15) is 5.75 Å². The Kier molecular flexibility index (Phi) is 5.97. The molecule has 26 heavy (non-hydrogen) atoms. The number of thioether (sulfide) groups is 1. The van der Waals surface area contributed by atoms with E-state index in [1.54, 1.807) is 7.11 Å². The monoisotopic (exact) mass is 363 g/mol. The quantitative estimate of drug-likeness (QED) is 0.589. The van der Waals surface area contributed by atoms with Crippen molar-refractivity contribution in [1.82, 2.24) is 0 Å². The summed E-state index contributed by atoms with van der Waals surface area (Å²) in [6, 6.07) is 25.7. The van der Waals surface area contributed by atoms with E-state index in [1.807, 2.05) is 85.8 Å². The second-order valence-electron chi connectivity index (χ2n) is 5.84. The smallest absolute Gasteiger partial charge is 0.237 e. The van der Waals surface area contributed by atoms with E-state index in [4.69, 9.17) is 4.74 Å². The molecule has 3 aromatic carbocycles. The lowest BCUT2D eigenvalue weighted by Crippen LogP contribution is -2.22. The van der Waals surface area contributed by atoms with Crippen molar-refractivity contribution in [3.05, 3.63) is 78.9 Å². The predicted molar refractivity (Wildman–Crippen MR) is 109 cm³/mol. The lowest BCUT2D eigenvalue weighted by Gasteiger charge is -2.15. The highest BCUT2D eigenvalue weighted by Gasteiger charge is 2.16. The summed E-state index contributed by atoms with van der Waals surface area (Å²) in [7, 11) is 1.64. The Labute approximate surface area is 158 Å². The molecule has 1 amide bonds. The summed E-state index contributed by atoms with van der Waals surface area (Å²) in [4.78, 5) is 13.7. The van der Waals surface area contributed by atoms with E-state index < -0.39 is 0 Å². The van der Waals surface area contributed by atoms with Crippen LogP contribution in [0.4, 0.5) is 5.69 Å². The van der Waals surface area contributed by atoms with Gasteiger partial charge in [-0.05, 0) is 42.8 Å². The number of methoxy groups -OCH3 is 1. The molecule has 0 heterocycles. The fourth-order valence-electron chi connectivity index (χ4n) is 2.61. The molecule has 3 rings (SSSR count). The third kappa shape index (κ3) is 4.46. The predicted octanol–water partition coefficient (Wildman–Crippen LogP) is 5.48. The molecule has 0 saturated heterocycles. The molecule has 0 spiro atoms. The van der Waals surface area contributed by atoms with Crippen LogP contribution in [0, 0.1) is 0 Å². The summed E-state index contributed by atoms with van der Waals surface area (Å²) in [6.07, 6.45) is 0. The molecule has 0 unspecified atom stereocenters. The number of hydrogen-bond donors (Lipinski definition) is 1. The van der Waals surface area contributed by atoms with Crippen LogP contribution in [0.2, 0.25) is 0 Å². The molecule has 0 fully saturated rings. The molecule has 4 heteroatoms.